The van der Waals surface area contributed by atoms with Crippen molar-refractivity contribution >= 4 is 11.6 Å². The summed E-state index contributed by atoms with van der Waals surface area (Å²) in [5.41, 5.74) is 2.66. The van der Waals surface area contributed by atoms with Crippen molar-refractivity contribution in [2.45, 2.75) is 32.2 Å². The molecule has 1 aromatic heterocycles. The predicted octanol–water partition coefficient (Wildman–Crippen LogP) is 1.05. The van der Waals surface area contributed by atoms with Crippen LogP contribution >= 0.6 is 0 Å². The lowest BCUT2D eigenvalue weighted by Crippen LogP contribution is -2.27. The first-order valence-corrected chi connectivity index (χ1v) is 7.09. The monoisotopic (exact) mass is 286 g/mol. The summed E-state index contributed by atoms with van der Waals surface area (Å²) in [5, 5.41) is 17.4. The molecule has 110 valence electrons. The van der Waals surface area contributed by atoms with E-state index in [1.54, 1.807) is 4.68 Å². The van der Waals surface area contributed by atoms with Crippen LogP contribution in [0.2, 0.25) is 0 Å². The van der Waals surface area contributed by atoms with Crippen molar-refractivity contribution in [3.05, 3.63) is 30.1 Å². The highest BCUT2D eigenvalue weighted by Crippen LogP contribution is 2.19. The van der Waals surface area contributed by atoms with Crippen LogP contribution in [0.5, 0.6) is 0 Å². The molecule has 2 heterocycles. The maximum absolute atomic E-state index is 12.1. The molecule has 1 atom stereocenters. The van der Waals surface area contributed by atoms with Crippen molar-refractivity contribution in [3.63, 3.8) is 0 Å². The van der Waals surface area contributed by atoms with Gasteiger partial charge in [-0.2, -0.15) is 0 Å². The van der Waals surface area contributed by atoms with Crippen molar-refractivity contribution in [2.24, 2.45) is 0 Å². The Morgan fingerprint density at radius 1 is 1.52 bits per heavy atom. The third-order valence-electron chi connectivity index (χ3n) is 3.68. The van der Waals surface area contributed by atoms with E-state index < -0.39 is 0 Å². The van der Waals surface area contributed by atoms with Crippen LogP contribution in [0.25, 0.3) is 5.69 Å². The summed E-state index contributed by atoms with van der Waals surface area (Å²) in [7, 11) is 0. The Balaban J connectivity index is 1.71. The quantitative estimate of drug-likeness (QED) is 0.877. The zero-order valence-electron chi connectivity index (χ0n) is 11.9. The Labute approximate surface area is 122 Å². The van der Waals surface area contributed by atoms with Gasteiger partial charge in [0, 0.05) is 18.2 Å². The fraction of sp³-hybridized carbons (Fsp3) is 0.429. The van der Waals surface area contributed by atoms with Crippen LogP contribution in [0.1, 0.15) is 24.8 Å². The molecule has 1 amide bonds. The van der Waals surface area contributed by atoms with E-state index in [0.29, 0.717) is 12.5 Å². The summed E-state index contributed by atoms with van der Waals surface area (Å²) in [4.78, 5) is 12.1. The SMILES string of the molecule is Cc1ccc(NC(=O)CC2CCCN2)cc1-n1cnnn1. The molecule has 1 aromatic carbocycles. The lowest BCUT2D eigenvalue weighted by molar-refractivity contribution is -0.116. The van der Waals surface area contributed by atoms with Gasteiger partial charge in [0.25, 0.3) is 0 Å². The first-order chi connectivity index (χ1) is 10.2. The lowest BCUT2D eigenvalue weighted by atomic mass is 10.1. The number of carbonyl (C=O) groups is 1. The topological polar surface area (TPSA) is 84.7 Å². The molecule has 1 unspecified atom stereocenters. The highest BCUT2D eigenvalue weighted by atomic mass is 16.1. The summed E-state index contributed by atoms with van der Waals surface area (Å²) < 4.78 is 1.59. The first kappa shape index (κ1) is 13.7. The summed E-state index contributed by atoms with van der Waals surface area (Å²) in [6.45, 7) is 2.98. The van der Waals surface area contributed by atoms with E-state index in [1.165, 1.54) is 6.33 Å². The molecule has 1 aliphatic rings. The van der Waals surface area contributed by atoms with Crippen LogP contribution in [0.15, 0.2) is 24.5 Å². The molecule has 2 aromatic rings. The minimum Gasteiger partial charge on any atom is -0.326 e. The molecule has 1 aliphatic heterocycles. The second-order valence-corrected chi connectivity index (χ2v) is 5.30. The number of hydrogen-bond acceptors (Lipinski definition) is 5. The highest BCUT2D eigenvalue weighted by molar-refractivity contribution is 5.91. The predicted molar refractivity (Wildman–Crippen MR) is 78.2 cm³/mol. The Kier molecular flexibility index (Phi) is 3.92. The summed E-state index contributed by atoms with van der Waals surface area (Å²) in [6.07, 6.45) is 4.26. The summed E-state index contributed by atoms with van der Waals surface area (Å²) in [6, 6.07) is 6.02. The zero-order chi connectivity index (χ0) is 14.7. The third-order valence-corrected chi connectivity index (χ3v) is 3.68. The van der Waals surface area contributed by atoms with Gasteiger partial charge in [-0.15, -0.1) is 5.10 Å². The van der Waals surface area contributed by atoms with Gasteiger partial charge >= 0.3 is 0 Å². The van der Waals surface area contributed by atoms with E-state index in [1.807, 2.05) is 25.1 Å². The van der Waals surface area contributed by atoms with Gasteiger partial charge in [-0.3, -0.25) is 4.79 Å². The number of aryl methyl sites for hydroxylation is 1. The van der Waals surface area contributed by atoms with Crippen molar-refractivity contribution in [3.8, 4) is 5.69 Å². The van der Waals surface area contributed by atoms with Gasteiger partial charge in [0.1, 0.15) is 6.33 Å². The molecule has 1 saturated heterocycles. The van der Waals surface area contributed by atoms with Gasteiger partial charge in [0.2, 0.25) is 5.91 Å². The van der Waals surface area contributed by atoms with Crippen LogP contribution in [0.4, 0.5) is 5.69 Å². The molecule has 2 N–H and O–H groups in total. The molecule has 1 fully saturated rings. The standard InChI is InChI=1S/C14H18N6O/c1-10-4-5-12(7-13(10)20-9-16-18-19-20)17-14(21)8-11-3-2-6-15-11/h4-5,7,9,11,15H,2-3,6,8H2,1H3,(H,17,21). The second-order valence-electron chi connectivity index (χ2n) is 5.30. The zero-order valence-corrected chi connectivity index (χ0v) is 11.9. The van der Waals surface area contributed by atoms with E-state index in [9.17, 15) is 4.79 Å². The summed E-state index contributed by atoms with van der Waals surface area (Å²) in [5.74, 6) is 0.0286. The first-order valence-electron chi connectivity index (χ1n) is 7.09. The van der Waals surface area contributed by atoms with Crippen LogP contribution in [-0.4, -0.2) is 38.7 Å². The van der Waals surface area contributed by atoms with Crippen LogP contribution in [-0.2, 0) is 4.79 Å². The van der Waals surface area contributed by atoms with Gasteiger partial charge in [0.15, 0.2) is 0 Å². The summed E-state index contributed by atoms with van der Waals surface area (Å²) >= 11 is 0. The number of carbonyl (C=O) groups excluding carboxylic acids is 1. The van der Waals surface area contributed by atoms with E-state index >= 15 is 0 Å². The van der Waals surface area contributed by atoms with Gasteiger partial charge < -0.3 is 10.6 Å². The second kappa shape index (κ2) is 6.01. The number of nitrogens with one attached hydrogen (secondary N) is 2. The number of nitrogens with zero attached hydrogens (tertiary/aromatic N) is 4. The van der Waals surface area contributed by atoms with Crippen molar-refractivity contribution < 1.29 is 4.79 Å². The molecule has 0 aliphatic carbocycles. The van der Waals surface area contributed by atoms with Crippen molar-refractivity contribution in [1.82, 2.24) is 25.5 Å². The Bertz CT molecular complexity index is 618. The van der Waals surface area contributed by atoms with Crippen molar-refractivity contribution in [1.29, 1.82) is 0 Å². The number of aromatic nitrogens is 4. The van der Waals surface area contributed by atoms with E-state index in [2.05, 4.69) is 26.2 Å². The van der Waals surface area contributed by atoms with E-state index in [-0.39, 0.29) is 5.91 Å². The largest absolute Gasteiger partial charge is 0.326 e. The van der Waals surface area contributed by atoms with Crippen LogP contribution < -0.4 is 10.6 Å². The van der Waals surface area contributed by atoms with Gasteiger partial charge in [0.05, 0.1) is 5.69 Å². The van der Waals surface area contributed by atoms with Crippen LogP contribution in [0, 0.1) is 6.92 Å². The lowest BCUT2D eigenvalue weighted by Gasteiger charge is -2.12. The van der Waals surface area contributed by atoms with Crippen molar-refractivity contribution in [2.75, 3.05) is 11.9 Å². The molecular formula is C14H18N6O. The third kappa shape index (κ3) is 3.25. The molecular weight excluding hydrogens is 268 g/mol. The smallest absolute Gasteiger partial charge is 0.225 e. The fourth-order valence-corrected chi connectivity index (χ4v) is 2.57. The number of rotatable bonds is 4. The number of hydrogen-bond donors (Lipinski definition) is 2. The Morgan fingerprint density at radius 2 is 2.43 bits per heavy atom. The minimum atomic E-state index is 0.0286. The normalized spacial score (nSPS) is 17.9. The van der Waals surface area contributed by atoms with Gasteiger partial charge in [-0.25, -0.2) is 4.68 Å². The number of tetrazole rings is 1. The van der Waals surface area contributed by atoms with E-state index in [4.69, 9.17) is 0 Å². The fourth-order valence-electron chi connectivity index (χ4n) is 2.57. The Hall–Kier alpha value is -2.28. The maximum Gasteiger partial charge on any atom is 0.225 e. The van der Waals surface area contributed by atoms with Gasteiger partial charge in [-0.05, 0) is 54.4 Å². The molecule has 0 radical (unpaired) electrons. The van der Waals surface area contributed by atoms with Crippen LogP contribution in [0.3, 0.4) is 0 Å². The highest BCUT2D eigenvalue weighted by Gasteiger charge is 2.17. The minimum absolute atomic E-state index is 0.0286. The maximum atomic E-state index is 12.1. The molecule has 21 heavy (non-hydrogen) atoms. The molecule has 7 nitrogen and oxygen atoms in total. The number of anilines is 1. The molecule has 0 bridgehead atoms. The molecule has 0 spiro atoms. The number of benzene rings is 1. The number of amides is 1. The molecule has 0 saturated carbocycles. The Morgan fingerprint density at radius 3 is 3.14 bits per heavy atom. The van der Waals surface area contributed by atoms with Gasteiger partial charge in [-0.1, -0.05) is 6.07 Å². The van der Waals surface area contributed by atoms with E-state index in [0.717, 1.165) is 36.3 Å². The average Bonchev–Trinajstić information content (AvgIpc) is 3.13. The molecule has 3 rings (SSSR count). The average molecular weight is 286 g/mol. The molecule has 7 heteroatoms.